The second-order valence-electron chi connectivity index (χ2n) is 4.72. The van der Waals surface area contributed by atoms with Crippen LogP contribution in [0.25, 0.3) is 5.57 Å². The lowest BCUT2D eigenvalue weighted by Gasteiger charge is -2.12. The lowest BCUT2D eigenvalue weighted by atomic mass is 10.1. The van der Waals surface area contributed by atoms with Gasteiger partial charge in [-0.25, -0.2) is 0 Å². The first-order valence-electron chi connectivity index (χ1n) is 6.67. The largest absolute Gasteiger partial charge is 0.417 e. The zero-order valence-corrected chi connectivity index (χ0v) is 12.1. The number of carbonyl (C=O) groups excluding carboxylic acids is 1. The molecule has 0 bridgehead atoms. The Morgan fingerprint density at radius 3 is 2.33 bits per heavy atom. The number of nitro benzene ring substituents is 1. The van der Waals surface area contributed by atoms with Crippen molar-refractivity contribution >= 4 is 22.9 Å². The fourth-order valence-corrected chi connectivity index (χ4v) is 1.95. The molecule has 0 heterocycles. The molecule has 0 radical (unpaired) electrons. The molecule has 0 unspecified atom stereocenters. The number of non-ortho nitro benzene ring substituents is 1. The lowest BCUT2D eigenvalue weighted by Crippen LogP contribution is -2.16. The summed E-state index contributed by atoms with van der Waals surface area (Å²) in [6.07, 6.45) is -4.30. The Hall–Kier alpha value is -3.16. The van der Waals surface area contributed by atoms with Crippen molar-refractivity contribution < 1.29 is 22.9 Å². The van der Waals surface area contributed by atoms with Gasteiger partial charge in [-0.1, -0.05) is 36.4 Å². The van der Waals surface area contributed by atoms with E-state index in [1.807, 2.05) is 0 Å². The molecule has 0 aliphatic rings. The summed E-state index contributed by atoms with van der Waals surface area (Å²) in [5, 5.41) is 12.9. The molecule has 124 valence electrons. The molecule has 0 aliphatic carbocycles. The fraction of sp³-hybridized carbons (Fsp3) is 0.0625. The predicted molar refractivity (Wildman–Crippen MR) is 82.2 cm³/mol. The number of nitrogens with one attached hydrogen (secondary N) is 1. The van der Waals surface area contributed by atoms with E-state index in [0.717, 1.165) is 6.07 Å². The predicted octanol–water partition coefficient (Wildman–Crippen LogP) is 4.18. The van der Waals surface area contributed by atoms with Gasteiger partial charge < -0.3 is 5.32 Å². The summed E-state index contributed by atoms with van der Waals surface area (Å²) in [6.45, 7) is 0. The van der Waals surface area contributed by atoms with Crippen molar-refractivity contribution in [1.82, 2.24) is 0 Å². The smallest absolute Gasteiger partial charge is 0.322 e. The minimum Gasteiger partial charge on any atom is -0.322 e. The normalized spacial score (nSPS) is 11.9. The molecule has 1 N–H and O–H groups in total. The Balaban J connectivity index is 2.28. The van der Waals surface area contributed by atoms with Gasteiger partial charge in [0.1, 0.15) is 0 Å². The number of benzene rings is 2. The van der Waals surface area contributed by atoms with E-state index in [0.29, 0.717) is 6.08 Å². The van der Waals surface area contributed by atoms with Gasteiger partial charge in [0, 0.05) is 23.9 Å². The quantitative estimate of drug-likeness (QED) is 0.517. The third-order valence-corrected chi connectivity index (χ3v) is 2.99. The van der Waals surface area contributed by atoms with E-state index in [2.05, 4.69) is 5.32 Å². The van der Waals surface area contributed by atoms with Gasteiger partial charge in [0.05, 0.1) is 10.5 Å². The van der Waals surface area contributed by atoms with Crippen molar-refractivity contribution in [2.45, 2.75) is 6.18 Å². The number of alkyl halides is 3. The summed E-state index contributed by atoms with van der Waals surface area (Å²) in [6, 6.07) is 11.8. The number of rotatable bonds is 4. The standard InChI is InChI=1S/C16H11F3N2O3/c17-16(18,19)14(11-5-2-1-3-6-11)10-15(22)20-12-7-4-8-13(9-12)21(23)24/h1-10H,(H,20,22)/b14-10-. The number of hydrogen-bond acceptors (Lipinski definition) is 3. The maximum absolute atomic E-state index is 13.1. The molecule has 1 amide bonds. The Kier molecular flexibility index (Phi) is 4.98. The van der Waals surface area contributed by atoms with E-state index >= 15 is 0 Å². The molecule has 2 rings (SSSR count). The first-order valence-corrected chi connectivity index (χ1v) is 6.67. The van der Waals surface area contributed by atoms with Crippen LogP contribution in [0.4, 0.5) is 24.5 Å². The minimum absolute atomic E-state index is 0.0278. The van der Waals surface area contributed by atoms with Gasteiger partial charge in [0.2, 0.25) is 5.91 Å². The molecule has 0 spiro atoms. The molecular weight excluding hydrogens is 325 g/mol. The number of halogens is 3. The van der Waals surface area contributed by atoms with Crippen LogP contribution in [0.3, 0.4) is 0 Å². The maximum Gasteiger partial charge on any atom is 0.417 e. The van der Waals surface area contributed by atoms with Gasteiger partial charge in [0.15, 0.2) is 0 Å². The van der Waals surface area contributed by atoms with E-state index in [-0.39, 0.29) is 16.9 Å². The van der Waals surface area contributed by atoms with Crippen LogP contribution in [0.1, 0.15) is 5.56 Å². The molecule has 0 aliphatic heterocycles. The zero-order valence-electron chi connectivity index (χ0n) is 12.1. The van der Waals surface area contributed by atoms with Crippen molar-refractivity contribution in [2.24, 2.45) is 0 Å². The topological polar surface area (TPSA) is 72.2 Å². The van der Waals surface area contributed by atoms with Crippen LogP contribution in [-0.4, -0.2) is 17.0 Å². The molecule has 2 aromatic rings. The van der Waals surface area contributed by atoms with Crippen molar-refractivity contribution in [2.75, 3.05) is 5.32 Å². The minimum atomic E-state index is -4.72. The van der Waals surface area contributed by atoms with Gasteiger partial charge in [-0.2, -0.15) is 13.2 Å². The molecule has 0 atom stereocenters. The number of amides is 1. The van der Waals surface area contributed by atoms with Crippen molar-refractivity contribution in [3.63, 3.8) is 0 Å². The monoisotopic (exact) mass is 336 g/mol. The number of allylic oxidation sites excluding steroid dienone is 1. The third-order valence-electron chi connectivity index (χ3n) is 2.99. The van der Waals surface area contributed by atoms with Gasteiger partial charge in [-0.05, 0) is 11.6 Å². The van der Waals surface area contributed by atoms with Crippen molar-refractivity contribution in [3.8, 4) is 0 Å². The Labute approximate surface area is 134 Å². The summed E-state index contributed by atoms with van der Waals surface area (Å²) in [4.78, 5) is 21.9. The van der Waals surface area contributed by atoms with E-state index in [9.17, 15) is 28.1 Å². The third kappa shape index (κ3) is 4.42. The van der Waals surface area contributed by atoms with Gasteiger partial charge >= 0.3 is 6.18 Å². The van der Waals surface area contributed by atoms with Crippen LogP contribution in [-0.2, 0) is 4.79 Å². The van der Waals surface area contributed by atoms with Crippen LogP contribution >= 0.6 is 0 Å². The van der Waals surface area contributed by atoms with Gasteiger partial charge in [-0.3, -0.25) is 14.9 Å². The molecule has 0 aromatic heterocycles. The Bertz CT molecular complexity index is 787. The first kappa shape index (κ1) is 17.2. The zero-order chi connectivity index (χ0) is 17.7. The number of hydrogen-bond donors (Lipinski definition) is 1. The summed E-state index contributed by atoms with van der Waals surface area (Å²) in [7, 11) is 0. The van der Waals surface area contributed by atoms with E-state index in [4.69, 9.17) is 0 Å². The second kappa shape index (κ2) is 6.95. The number of nitro groups is 1. The second-order valence-corrected chi connectivity index (χ2v) is 4.72. The SMILES string of the molecule is O=C(/C=C(/c1ccccc1)C(F)(F)F)Nc1cccc([N+](=O)[O-])c1. The van der Waals surface area contributed by atoms with Gasteiger partial charge in [0.25, 0.3) is 5.69 Å². The molecular formula is C16H11F3N2O3. The Morgan fingerprint density at radius 1 is 1.08 bits per heavy atom. The highest BCUT2D eigenvalue weighted by Crippen LogP contribution is 2.33. The maximum atomic E-state index is 13.1. The highest BCUT2D eigenvalue weighted by molar-refractivity contribution is 6.04. The van der Waals surface area contributed by atoms with Crippen LogP contribution in [0.15, 0.2) is 60.7 Å². The number of anilines is 1. The Morgan fingerprint density at radius 2 is 1.75 bits per heavy atom. The fourth-order valence-electron chi connectivity index (χ4n) is 1.95. The van der Waals surface area contributed by atoms with Crippen LogP contribution in [0.5, 0.6) is 0 Å². The van der Waals surface area contributed by atoms with Crippen LogP contribution in [0, 0.1) is 10.1 Å². The molecule has 8 heteroatoms. The average Bonchev–Trinajstić information content (AvgIpc) is 2.52. The van der Waals surface area contributed by atoms with E-state index in [1.165, 1.54) is 42.5 Å². The molecule has 0 saturated carbocycles. The molecule has 2 aromatic carbocycles. The van der Waals surface area contributed by atoms with E-state index < -0.39 is 22.6 Å². The van der Waals surface area contributed by atoms with Crippen LogP contribution in [0.2, 0.25) is 0 Å². The highest BCUT2D eigenvalue weighted by Gasteiger charge is 2.35. The van der Waals surface area contributed by atoms with Crippen molar-refractivity contribution in [1.29, 1.82) is 0 Å². The van der Waals surface area contributed by atoms with E-state index in [1.54, 1.807) is 6.07 Å². The summed E-state index contributed by atoms with van der Waals surface area (Å²) in [5.41, 5.74) is -1.51. The first-order chi connectivity index (χ1) is 11.3. The number of carbonyl (C=O) groups is 1. The molecule has 24 heavy (non-hydrogen) atoms. The van der Waals surface area contributed by atoms with Crippen LogP contribution < -0.4 is 5.32 Å². The average molecular weight is 336 g/mol. The molecule has 0 saturated heterocycles. The molecule has 5 nitrogen and oxygen atoms in total. The lowest BCUT2D eigenvalue weighted by molar-refractivity contribution is -0.384. The summed E-state index contributed by atoms with van der Waals surface area (Å²) >= 11 is 0. The molecule has 0 fully saturated rings. The van der Waals surface area contributed by atoms with Crippen molar-refractivity contribution in [3.05, 3.63) is 76.4 Å². The highest BCUT2D eigenvalue weighted by atomic mass is 19.4. The number of nitrogens with zero attached hydrogens (tertiary/aromatic N) is 1. The summed E-state index contributed by atoms with van der Waals surface area (Å²) in [5.74, 6) is -1.04. The van der Waals surface area contributed by atoms with Gasteiger partial charge in [-0.15, -0.1) is 0 Å². The summed E-state index contributed by atoms with van der Waals surface area (Å²) < 4.78 is 39.4.